The second kappa shape index (κ2) is 7.16. The van der Waals surface area contributed by atoms with E-state index in [0.29, 0.717) is 0 Å². The van der Waals surface area contributed by atoms with E-state index >= 15 is 0 Å². The molecule has 1 aromatic rings. The van der Waals surface area contributed by atoms with Gasteiger partial charge in [0.1, 0.15) is 9.84 Å². The lowest BCUT2D eigenvalue weighted by atomic mass is 10.2. The largest absolute Gasteiger partial charge is 0.392 e. The van der Waals surface area contributed by atoms with E-state index in [1.54, 1.807) is 11.8 Å². The van der Waals surface area contributed by atoms with Crippen LogP contribution < -0.4 is 0 Å². The van der Waals surface area contributed by atoms with E-state index in [4.69, 9.17) is 5.11 Å². The molecule has 1 aromatic carbocycles. The summed E-state index contributed by atoms with van der Waals surface area (Å²) in [7, 11) is -2.87. The van der Waals surface area contributed by atoms with E-state index in [0.717, 1.165) is 17.1 Å². The molecule has 0 aromatic heterocycles. The molecule has 0 aliphatic rings. The van der Waals surface area contributed by atoms with Gasteiger partial charge in [-0.25, -0.2) is 8.42 Å². The van der Waals surface area contributed by atoms with Crippen LogP contribution >= 0.6 is 11.8 Å². The molecule has 0 saturated heterocycles. The molecule has 5 heteroatoms. The summed E-state index contributed by atoms with van der Waals surface area (Å²) in [5.41, 5.74) is 2.11. The molecule has 1 unspecified atom stereocenters. The molecule has 0 heterocycles. The highest BCUT2D eigenvalue weighted by Gasteiger charge is 2.10. The number of hydrogen-bond acceptors (Lipinski definition) is 4. The molecule has 0 saturated carbocycles. The summed E-state index contributed by atoms with van der Waals surface area (Å²) in [6.45, 7) is 2.03. The van der Waals surface area contributed by atoms with Crippen LogP contribution in [0.3, 0.4) is 0 Å². The SMILES string of the molecule is CC(CSCc1ccc(CO)cc1)CS(C)(=O)=O. The van der Waals surface area contributed by atoms with Crippen molar-refractivity contribution in [1.29, 1.82) is 0 Å². The van der Waals surface area contributed by atoms with Crippen LogP contribution in [0.2, 0.25) is 0 Å². The molecule has 3 nitrogen and oxygen atoms in total. The summed E-state index contributed by atoms with van der Waals surface area (Å²) < 4.78 is 22.2. The minimum Gasteiger partial charge on any atom is -0.392 e. The van der Waals surface area contributed by atoms with Gasteiger partial charge in [0.2, 0.25) is 0 Å². The smallest absolute Gasteiger partial charge is 0.147 e. The minimum absolute atomic E-state index is 0.0683. The summed E-state index contributed by atoms with van der Waals surface area (Å²) in [4.78, 5) is 0. The van der Waals surface area contributed by atoms with Gasteiger partial charge in [0, 0.05) is 12.0 Å². The predicted octanol–water partition coefficient (Wildman–Crippen LogP) is 2.09. The number of hydrogen-bond donors (Lipinski definition) is 1. The third-order valence-corrected chi connectivity index (χ3v) is 4.98. The lowest BCUT2D eigenvalue weighted by Gasteiger charge is -2.09. The summed E-state index contributed by atoms with van der Waals surface area (Å²) in [5.74, 6) is 2.15. The summed E-state index contributed by atoms with van der Waals surface area (Å²) in [5, 5.41) is 8.92. The van der Waals surface area contributed by atoms with Gasteiger partial charge in [-0.3, -0.25) is 0 Å². The van der Waals surface area contributed by atoms with Gasteiger partial charge in [0.25, 0.3) is 0 Å². The van der Waals surface area contributed by atoms with Crippen LogP contribution in [0.25, 0.3) is 0 Å². The van der Waals surface area contributed by atoms with Crippen molar-refractivity contribution in [3.8, 4) is 0 Å². The first-order valence-electron chi connectivity index (χ1n) is 5.85. The fraction of sp³-hybridized carbons (Fsp3) is 0.538. The summed E-state index contributed by atoms with van der Waals surface area (Å²) in [6.07, 6.45) is 1.28. The van der Waals surface area contributed by atoms with Crippen molar-refractivity contribution in [3.05, 3.63) is 35.4 Å². The number of aliphatic hydroxyl groups excluding tert-OH is 1. The van der Waals surface area contributed by atoms with Gasteiger partial charge in [0.05, 0.1) is 12.4 Å². The maximum Gasteiger partial charge on any atom is 0.147 e. The summed E-state index contributed by atoms with van der Waals surface area (Å²) in [6, 6.07) is 7.82. The zero-order valence-electron chi connectivity index (χ0n) is 10.8. The Morgan fingerprint density at radius 1 is 1.22 bits per heavy atom. The van der Waals surface area contributed by atoms with Crippen LogP contribution in [0.5, 0.6) is 0 Å². The van der Waals surface area contributed by atoms with E-state index < -0.39 is 9.84 Å². The van der Waals surface area contributed by atoms with Crippen LogP contribution in [-0.2, 0) is 22.2 Å². The second-order valence-corrected chi connectivity index (χ2v) is 7.90. The molecule has 0 radical (unpaired) electrons. The predicted molar refractivity (Wildman–Crippen MR) is 77.4 cm³/mol. The highest BCUT2D eigenvalue weighted by atomic mass is 32.2. The quantitative estimate of drug-likeness (QED) is 0.835. The van der Waals surface area contributed by atoms with E-state index in [9.17, 15) is 8.42 Å². The number of sulfone groups is 1. The van der Waals surface area contributed by atoms with Crippen molar-refractivity contribution in [1.82, 2.24) is 0 Å². The number of benzene rings is 1. The lowest BCUT2D eigenvalue weighted by molar-refractivity contribution is 0.282. The average Bonchev–Trinajstić information content (AvgIpc) is 2.27. The Labute approximate surface area is 114 Å². The fourth-order valence-corrected chi connectivity index (χ4v) is 4.05. The fourth-order valence-electron chi connectivity index (χ4n) is 1.68. The number of thioether (sulfide) groups is 1. The molecule has 0 fully saturated rings. The van der Waals surface area contributed by atoms with Crippen molar-refractivity contribution in [2.24, 2.45) is 5.92 Å². The van der Waals surface area contributed by atoms with Crippen LogP contribution in [0.15, 0.2) is 24.3 Å². The molecule has 18 heavy (non-hydrogen) atoms. The van der Waals surface area contributed by atoms with Crippen LogP contribution in [-0.4, -0.2) is 31.3 Å². The molecule has 102 valence electrons. The van der Waals surface area contributed by atoms with Crippen molar-refractivity contribution in [3.63, 3.8) is 0 Å². The zero-order chi connectivity index (χ0) is 13.6. The van der Waals surface area contributed by atoms with E-state index in [1.807, 2.05) is 31.2 Å². The number of aliphatic hydroxyl groups is 1. The maximum atomic E-state index is 11.1. The Balaban J connectivity index is 2.32. The molecule has 0 aliphatic heterocycles. The normalized spacial score (nSPS) is 13.5. The molecular formula is C13H20O3S2. The highest BCUT2D eigenvalue weighted by molar-refractivity contribution is 7.98. The Bertz CT molecular complexity index is 452. The van der Waals surface area contributed by atoms with Gasteiger partial charge in [-0.05, 0) is 22.8 Å². The monoisotopic (exact) mass is 288 g/mol. The van der Waals surface area contributed by atoms with Crippen molar-refractivity contribution in [2.45, 2.75) is 19.3 Å². The molecule has 1 N–H and O–H groups in total. The van der Waals surface area contributed by atoms with Gasteiger partial charge < -0.3 is 5.11 Å². The first kappa shape index (κ1) is 15.5. The lowest BCUT2D eigenvalue weighted by Crippen LogP contribution is -2.13. The van der Waals surface area contributed by atoms with Gasteiger partial charge >= 0.3 is 0 Å². The van der Waals surface area contributed by atoms with Crippen molar-refractivity contribution < 1.29 is 13.5 Å². The van der Waals surface area contributed by atoms with Gasteiger partial charge in [-0.1, -0.05) is 31.2 Å². The van der Waals surface area contributed by atoms with Crippen molar-refractivity contribution >= 4 is 21.6 Å². The third-order valence-electron chi connectivity index (χ3n) is 2.46. The van der Waals surface area contributed by atoms with Crippen LogP contribution in [0.4, 0.5) is 0 Å². The molecule has 0 bridgehead atoms. The highest BCUT2D eigenvalue weighted by Crippen LogP contribution is 2.17. The summed E-state index contributed by atoms with van der Waals surface area (Å²) >= 11 is 1.74. The zero-order valence-corrected chi connectivity index (χ0v) is 12.4. The minimum atomic E-state index is -2.87. The van der Waals surface area contributed by atoms with Gasteiger partial charge in [0.15, 0.2) is 0 Å². The molecule has 1 atom stereocenters. The first-order valence-corrected chi connectivity index (χ1v) is 9.06. The van der Waals surface area contributed by atoms with Crippen LogP contribution in [0, 0.1) is 5.92 Å². The Morgan fingerprint density at radius 2 is 1.78 bits per heavy atom. The topological polar surface area (TPSA) is 54.4 Å². The Hall–Kier alpha value is -0.520. The second-order valence-electron chi connectivity index (χ2n) is 4.69. The molecule has 0 amide bonds. The molecule has 0 spiro atoms. The third kappa shape index (κ3) is 6.42. The standard InChI is InChI=1S/C13H20O3S2/c1-11(10-18(2,15)16)8-17-9-13-5-3-12(7-14)4-6-13/h3-6,11,14H,7-10H2,1-2H3. The first-order chi connectivity index (χ1) is 8.40. The molecule has 0 aliphatic carbocycles. The van der Waals surface area contributed by atoms with E-state index in [1.165, 1.54) is 11.8 Å². The van der Waals surface area contributed by atoms with E-state index in [2.05, 4.69) is 0 Å². The van der Waals surface area contributed by atoms with Gasteiger partial charge in [-0.15, -0.1) is 0 Å². The molecular weight excluding hydrogens is 268 g/mol. The molecule has 1 rings (SSSR count). The van der Waals surface area contributed by atoms with E-state index in [-0.39, 0.29) is 18.3 Å². The maximum absolute atomic E-state index is 11.1. The Morgan fingerprint density at radius 3 is 2.28 bits per heavy atom. The van der Waals surface area contributed by atoms with Crippen molar-refractivity contribution in [2.75, 3.05) is 17.8 Å². The van der Waals surface area contributed by atoms with Gasteiger partial charge in [-0.2, -0.15) is 11.8 Å². The van der Waals surface area contributed by atoms with Crippen LogP contribution in [0.1, 0.15) is 18.1 Å². The number of rotatable bonds is 7. The Kier molecular flexibility index (Phi) is 6.18. The average molecular weight is 288 g/mol.